The number of esters is 1. The van der Waals surface area contributed by atoms with E-state index in [0.29, 0.717) is 11.3 Å². The van der Waals surface area contributed by atoms with Crippen LogP contribution in [0.4, 0.5) is 5.69 Å². The van der Waals surface area contributed by atoms with Gasteiger partial charge in [0.25, 0.3) is 11.8 Å². The monoisotopic (exact) mass is 418 g/mol. The molecule has 2 aromatic rings. The molecule has 0 bridgehead atoms. The van der Waals surface area contributed by atoms with Gasteiger partial charge in [0.2, 0.25) is 0 Å². The zero-order valence-electron chi connectivity index (χ0n) is 14.5. The van der Waals surface area contributed by atoms with E-state index in [4.69, 9.17) is 4.74 Å². The first kappa shape index (κ1) is 19.7. The highest BCUT2D eigenvalue weighted by Gasteiger charge is 2.11. The minimum absolute atomic E-state index is 0.317. The molecule has 0 heterocycles. The second-order valence-electron chi connectivity index (χ2n) is 5.70. The summed E-state index contributed by atoms with van der Waals surface area (Å²) in [5.41, 5.74) is 3.22. The van der Waals surface area contributed by atoms with Crippen molar-refractivity contribution in [2.75, 3.05) is 18.5 Å². The number of benzene rings is 2. The van der Waals surface area contributed by atoms with E-state index < -0.39 is 24.4 Å². The molecule has 0 aliphatic rings. The Balaban J connectivity index is 1.74. The minimum Gasteiger partial charge on any atom is -0.454 e. The van der Waals surface area contributed by atoms with E-state index in [2.05, 4.69) is 26.6 Å². The van der Waals surface area contributed by atoms with Crippen LogP contribution in [0.5, 0.6) is 0 Å². The predicted molar refractivity (Wildman–Crippen MR) is 102 cm³/mol. The summed E-state index contributed by atoms with van der Waals surface area (Å²) in [4.78, 5) is 35.4. The van der Waals surface area contributed by atoms with Gasteiger partial charge in [-0.25, -0.2) is 0 Å². The molecule has 0 saturated heterocycles. The fourth-order valence-corrected chi connectivity index (χ4v) is 2.50. The molecule has 0 radical (unpaired) electrons. The number of hydrogen-bond acceptors (Lipinski definition) is 4. The Kier molecular flexibility index (Phi) is 6.91. The molecule has 0 fully saturated rings. The third-order valence-electron chi connectivity index (χ3n) is 3.64. The average Bonchev–Trinajstić information content (AvgIpc) is 2.61. The first-order valence-electron chi connectivity index (χ1n) is 7.91. The van der Waals surface area contributed by atoms with Crippen LogP contribution in [0.1, 0.15) is 21.5 Å². The van der Waals surface area contributed by atoms with Crippen molar-refractivity contribution < 1.29 is 19.1 Å². The summed E-state index contributed by atoms with van der Waals surface area (Å²) in [6, 6.07) is 12.3. The van der Waals surface area contributed by atoms with Crippen LogP contribution >= 0.6 is 15.9 Å². The number of halogens is 1. The highest BCUT2D eigenvalue weighted by molar-refractivity contribution is 9.10. The third-order valence-corrected chi connectivity index (χ3v) is 4.13. The van der Waals surface area contributed by atoms with Gasteiger partial charge in [-0.1, -0.05) is 28.1 Å². The molecule has 2 rings (SSSR count). The van der Waals surface area contributed by atoms with Gasteiger partial charge in [0.1, 0.15) is 6.54 Å². The van der Waals surface area contributed by atoms with Gasteiger partial charge in [-0.3, -0.25) is 14.4 Å². The molecule has 2 aromatic carbocycles. The van der Waals surface area contributed by atoms with Gasteiger partial charge in [-0.2, -0.15) is 0 Å². The van der Waals surface area contributed by atoms with Crippen molar-refractivity contribution in [3.8, 4) is 0 Å². The number of carbonyl (C=O) groups excluding carboxylic acids is 3. The van der Waals surface area contributed by atoms with Crippen molar-refractivity contribution >= 4 is 39.4 Å². The quantitative estimate of drug-likeness (QED) is 0.706. The lowest BCUT2D eigenvalue weighted by Gasteiger charge is -2.09. The summed E-state index contributed by atoms with van der Waals surface area (Å²) < 4.78 is 5.62. The van der Waals surface area contributed by atoms with E-state index in [-0.39, 0.29) is 6.54 Å². The van der Waals surface area contributed by atoms with Crippen LogP contribution in [0.25, 0.3) is 0 Å². The fraction of sp³-hybridized carbons (Fsp3) is 0.211. The summed E-state index contributed by atoms with van der Waals surface area (Å²) in [6.07, 6.45) is 0. The van der Waals surface area contributed by atoms with Crippen LogP contribution in [-0.2, 0) is 14.3 Å². The Morgan fingerprint density at radius 3 is 2.50 bits per heavy atom. The van der Waals surface area contributed by atoms with E-state index >= 15 is 0 Å². The molecular weight excluding hydrogens is 400 g/mol. The van der Waals surface area contributed by atoms with Gasteiger partial charge >= 0.3 is 5.97 Å². The maximum Gasteiger partial charge on any atom is 0.325 e. The molecule has 0 atom stereocenters. The lowest BCUT2D eigenvalue weighted by atomic mass is 10.1. The number of anilines is 1. The minimum atomic E-state index is -0.691. The molecule has 0 spiro atoms. The molecule has 0 aliphatic carbocycles. The number of aryl methyl sites for hydroxylation is 2. The van der Waals surface area contributed by atoms with Crippen LogP contribution in [-0.4, -0.2) is 30.9 Å². The highest BCUT2D eigenvalue weighted by Crippen LogP contribution is 2.14. The van der Waals surface area contributed by atoms with Crippen molar-refractivity contribution in [1.82, 2.24) is 5.32 Å². The topological polar surface area (TPSA) is 84.5 Å². The molecule has 0 unspecified atom stereocenters. The van der Waals surface area contributed by atoms with Crippen molar-refractivity contribution in [1.29, 1.82) is 0 Å². The van der Waals surface area contributed by atoms with Gasteiger partial charge in [0.05, 0.1) is 0 Å². The Labute approximate surface area is 160 Å². The maximum absolute atomic E-state index is 11.9. The van der Waals surface area contributed by atoms with Gasteiger partial charge in [0, 0.05) is 15.7 Å². The smallest absolute Gasteiger partial charge is 0.325 e. The molecule has 26 heavy (non-hydrogen) atoms. The van der Waals surface area contributed by atoms with Gasteiger partial charge in [-0.05, 0) is 55.3 Å². The molecule has 0 aromatic heterocycles. The molecule has 2 amide bonds. The van der Waals surface area contributed by atoms with Crippen LogP contribution in [0, 0.1) is 13.8 Å². The Morgan fingerprint density at radius 1 is 1.04 bits per heavy atom. The molecule has 0 saturated carbocycles. The van der Waals surface area contributed by atoms with E-state index in [0.717, 1.165) is 15.6 Å². The van der Waals surface area contributed by atoms with E-state index in [1.165, 1.54) is 0 Å². The summed E-state index contributed by atoms with van der Waals surface area (Å²) >= 11 is 3.27. The zero-order chi connectivity index (χ0) is 19.1. The number of ether oxygens (including phenoxy) is 1. The normalized spacial score (nSPS) is 10.1. The highest BCUT2D eigenvalue weighted by atomic mass is 79.9. The van der Waals surface area contributed by atoms with Crippen LogP contribution in [0.3, 0.4) is 0 Å². The van der Waals surface area contributed by atoms with Crippen molar-refractivity contribution in [3.05, 3.63) is 63.6 Å². The Morgan fingerprint density at radius 2 is 1.81 bits per heavy atom. The van der Waals surface area contributed by atoms with Crippen LogP contribution in [0.15, 0.2) is 46.9 Å². The Hall–Kier alpha value is -2.67. The molecule has 7 heteroatoms. The average molecular weight is 419 g/mol. The van der Waals surface area contributed by atoms with Gasteiger partial charge in [-0.15, -0.1) is 0 Å². The molecule has 0 aliphatic heterocycles. The van der Waals surface area contributed by atoms with Crippen LogP contribution < -0.4 is 10.6 Å². The predicted octanol–water partition coefficient (Wildman–Crippen LogP) is 2.98. The van der Waals surface area contributed by atoms with E-state index in [1.54, 1.807) is 30.3 Å². The van der Waals surface area contributed by atoms with Gasteiger partial charge in [0.15, 0.2) is 6.61 Å². The van der Waals surface area contributed by atoms with Crippen molar-refractivity contribution in [3.63, 3.8) is 0 Å². The van der Waals surface area contributed by atoms with Gasteiger partial charge < -0.3 is 15.4 Å². The summed E-state index contributed by atoms with van der Waals surface area (Å²) in [6.45, 7) is 3.19. The van der Waals surface area contributed by atoms with Crippen molar-refractivity contribution in [2.45, 2.75) is 13.8 Å². The Bertz CT molecular complexity index is 836. The standard InChI is InChI=1S/C19H19BrN2O4/c1-12-6-7-16(8-13(12)2)22-17(23)11-26-18(24)10-21-19(25)14-4-3-5-15(20)9-14/h3-9H,10-11H2,1-2H3,(H,21,25)(H,22,23). The SMILES string of the molecule is Cc1ccc(NC(=O)COC(=O)CNC(=O)c2cccc(Br)c2)cc1C. The summed E-state index contributed by atoms with van der Waals surface area (Å²) in [5.74, 6) is -1.54. The number of rotatable bonds is 6. The zero-order valence-corrected chi connectivity index (χ0v) is 16.1. The lowest BCUT2D eigenvalue weighted by Crippen LogP contribution is -2.32. The lowest BCUT2D eigenvalue weighted by molar-refractivity contribution is -0.146. The van der Waals surface area contributed by atoms with Crippen molar-refractivity contribution in [2.24, 2.45) is 0 Å². The first-order valence-corrected chi connectivity index (χ1v) is 8.71. The summed E-state index contributed by atoms with van der Waals surface area (Å²) in [7, 11) is 0. The molecule has 2 N–H and O–H groups in total. The number of hydrogen-bond donors (Lipinski definition) is 2. The second kappa shape index (κ2) is 9.15. The maximum atomic E-state index is 11.9. The number of carbonyl (C=O) groups is 3. The number of amides is 2. The molecule has 6 nitrogen and oxygen atoms in total. The second-order valence-corrected chi connectivity index (χ2v) is 6.62. The largest absolute Gasteiger partial charge is 0.454 e. The molecular formula is C19H19BrN2O4. The van der Waals surface area contributed by atoms with Crippen LogP contribution in [0.2, 0.25) is 0 Å². The fourth-order valence-electron chi connectivity index (χ4n) is 2.10. The third kappa shape index (κ3) is 6.00. The number of nitrogens with one attached hydrogen (secondary N) is 2. The summed E-state index contributed by atoms with van der Waals surface area (Å²) in [5, 5.41) is 5.10. The van der Waals surface area contributed by atoms with E-state index in [1.807, 2.05) is 26.0 Å². The van der Waals surface area contributed by atoms with E-state index in [9.17, 15) is 14.4 Å². The molecule has 136 valence electrons. The first-order chi connectivity index (χ1) is 12.3.